The Balaban J connectivity index is 1.30. The third kappa shape index (κ3) is 8.70. The number of carbonyl (C=O) groups is 1. The van der Waals surface area contributed by atoms with Crippen molar-refractivity contribution in [2.75, 3.05) is 23.3 Å². The van der Waals surface area contributed by atoms with Crippen molar-refractivity contribution < 1.29 is 23.1 Å². The lowest BCUT2D eigenvalue weighted by atomic mass is 9.87. The quantitative estimate of drug-likeness (QED) is 0.131. The van der Waals surface area contributed by atoms with Gasteiger partial charge in [0.1, 0.15) is 12.4 Å². The lowest BCUT2D eigenvalue weighted by Crippen LogP contribution is -2.42. The van der Waals surface area contributed by atoms with E-state index < -0.39 is 16.0 Å². The van der Waals surface area contributed by atoms with Gasteiger partial charge in [0.25, 0.3) is 10.0 Å². The first-order valence-electron chi connectivity index (χ1n) is 18.1. The van der Waals surface area contributed by atoms with Crippen molar-refractivity contribution >= 4 is 27.8 Å². The minimum atomic E-state index is -4.24. The van der Waals surface area contributed by atoms with Gasteiger partial charge in [0.05, 0.1) is 40.3 Å². The highest BCUT2D eigenvalue weighted by molar-refractivity contribution is 7.92. The summed E-state index contributed by atoms with van der Waals surface area (Å²) in [7, 11) is -2.14. The Morgan fingerprint density at radius 2 is 1.73 bits per heavy atom. The number of rotatable bonds is 13. The fraction of sp³-hybridized carbons (Fsp3) is 0.462. The van der Waals surface area contributed by atoms with Gasteiger partial charge in [-0.05, 0) is 93.5 Å². The molecular weight excluding hydrogens is 679 g/mol. The van der Waals surface area contributed by atoms with Gasteiger partial charge in [0.15, 0.2) is 0 Å². The second-order valence-electron chi connectivity index (χ2n) is 14.6. The van der Waals surface area contributed by atoms with Gasteiger partial charge in [-0.3, -0.25) is 4.98 Å². The first kappa shape index (κ1) is 37.1. The van der Waals surface area contributed by atoms with E-state index in [0.717, 1.165) is 60.0 Å². The fourth-order valence-corrected chi connectivity index (χ4v) is 8.27. The van der Waals surface area contributed by atoms with Gasteiger partial charge in [-0.15, -0.1) is 0 Å². The molecule has 6 rings (SSSR count). The molecule has 13 heteroatoms. The van der Waals surface area contributed by atoms with Crippen LogP contribution >= 0.6 is 0 Å². The summed E-state index contributed by atoms with van der Waals surface area (Å²) in [6.45, 7) is 8.70. The number of aromatic nitrogens is 4. The summed E-state index contributed by atoms with van der Waals surface area (Å²) in [5, 5.41) is 13.3. The number of hydrogen-bond donors (Lipinski definition) is 3. The average Bonchev–Trinajstić information content (AvgIpc) is 3.28. The number of benzene rings is 2. The summed E-state index contributed by atoms with van der Waals surface area (Å²) >= 11 is 0. The molecule has 0 bridgehead atoms. The molecule has 0 spiro atoms. The molecule has 3 N–H and O–H groups in total. The van der Waals surface area contributed by atoms with E-state index in [9.17, 15) is 18.3 Å². The largest absolute Gasteiger partial charge is 0.478 e. The third-order valence-electron chi connectivity index (χ3n) is 10.3. The molecule has 3 atom stereocenters. The average molecular weight is 728 g/mol. The highest BCUT2D eigenvalue weighted by Gasteiger charge is 2.31. The smallest absolute Gasteiger partial charge is 0.335 e. The molecule has 1 saturated carbocycles. The standard InChI is InChI=1S/C39H49N7O5S/c1-24(2)18-27-12-8-17-31(33-21-40-22-35(42-33)46(5)29-14-9-15-29)41-34(27)23-51-36-20-32(37-25(3)10-6-11-26(37)4)43-39(44-36)45-52(49,50)30-16-7-13-28(19-30)38(47)48/h6-7,10-11,13,16,19-22,24,27,29,31,34,41H,8-9,12,14-15,17-18,23H2,1-5H3,(H,47,48)(H,43,44,45). The molecule has 2 aliphatic rings. The maximum absolute atomic E-state index is 13.5. The number of anilines is 2. The predicted molar refractivity (Wildman–Crippen MR) is 201 cm³/mol. The molecule has 52 heavy (non-hydrogen) atoms. The van der Waals surface area contributed by atoms with E-state index >= 15 is 0 Å². The van der Waals surface area contributed by atoms with Crippen molar-refractivity contribution in [1.82, 2.24) is 25.3 Å². The van der Waals surface area contributed by atoms with E-state index in [0.29, 0.717) is 30.2 Å². The summed E-state index contributed by atoms with van der Waals surface area (Å²) in [4.78, 5) is 32.4. The SMILES string of the molecule is Cc1cccc(C)c1-c1cc(OCC2NC(c3cncc(N(C)C4CCC4)n3)CCCC2CC(C)C)nc(NS(=O)(=O)c2cccc(C(=O)O)c2)n1. The lowest BCUT2D eigenvalue weighted by Gasteiger charge is -2.35. The van der Waals surface area contributed by atoms with Gasteiger partial charge in [0.2, 0.25) is 11.8 Å². The summed E-state index contributed by atoms with van der Waals surface area (Å²) in [5.41, 5.74) is 4.05. The number of sulfonamides is 1. The number of carboxylic acids is 1. The molecule has 1 aliphatic heterocycles. The van der Waals surface area contributed by atoms with Crippen LogP contribution in [0, 0.1) is 25.7 Å². The number of aromatic carboxylic acids is 1. The van der Waals surface area contributed by atoms with Crippen molar-refractivity contribution in [2.24, 2.45) is 11.8 Å². The molecule has 2 aromatic carbocycles. The summed E-state index contributed by atoms with van der Waals surface area (Å²) in [6, 6.07) is 13.3. The molecule has 3 heterocycles. The molecule has 2 aromatic heterocycles. The van der Waals surface area contributed by atoms with Crippen LogP contribution < -0.4 is 19.7 Å². The predicted octanol–water partition coefficient (Wildman–Crippen LogP) is 6.96. The Bertz CT molecular complexity index is 1980. The van der Waals surface area contributed by atoms with E-state index in [2.05, 4.69) is 50.8 Å². The fourth-order valence-electron chi connectivity index (χ4n) is 7.28. The summed E-state index contributed by atoms with van der Waals surface area (Å²) in [5.74, 6) is 0.526. The number of ether oxygens (including phenoxy) is 1. The molecular formula is C39H49N7O5S. The molecule has 2 fully saturated rings. The molecule has 3 unspecified atom stereocenters. The Labute approximate surface area is 306 Å². The minimum absolute atomic E-state index is 0.00693. The van der Waals surface area contributed by atoms with Gasteiger partial charge < -0.3 is 20.1 Å². The number of carboxylic acid groups (broad SMARTS) is 1. The number of nitrogens with one attached hydrogen (secondary N) is 2. The number of nitrogens with zero attached hydrogens (tertiary/aromatic N) is 5. The van der Waals surface area contributed by atoms with Crippen LogP contribution in [0.1, 0.15) is 92.0 Å². The normalized spacial score (nSPS) is 19.5. The maximum Gasteiger partial charge on any atom is 0.335 e. The van der Waals surface area contributed by atoms with E-state index in [1.807, 2.05) is 44.4 Å². The Morgan fingerprint density at radius 3 is 2.42 bits per heavy atom. The third-order valence-corrected chi connectivity index (χ3v) is 11.6. The van der Waals surface area contributed by atoms with Crippen molar-refractivity contribution in [2.45, 2.75) is 95.7 Å². The number of hydrogen-bond acceptors (Lipinski definition) is 10. The van der Waals surface area contributed by atoms with Crippen molar-refractivity contribution in [3.8, 4) is 17.1 Å². The van der Waals surface area contributed by atoms with Crippen molar-refractivity contribution in [3.05, 3.63) is 83.3 Å². The van der Waals surface area contributed by atoms with Crippen LogP contribution in [0.2, 0.25) is 0 Å². The van der Waals surface area contributed by atoms with Gasteiger partial charge in [-0.2, -0.15) is 4.98 Å². The van der Waals surface area contributed by atoms with Gasteiger partial charge in [-0.1, -0.05) is 44.5 Å². The van der Waals surface area contributed by atoms with Gasteiger partial charge in [0, 0.05) is 30.8 Å². The molecule has 0 radical (unpaired) electrons. The minimum Gasteiger partial charge on any atom is -0.478 e. The monoisotopic (exact) mass is 727 g/mol. The van der Waals surface area contributed by atoms with Crippen LogP contribution in [-0.4, -0.2) is 65.2 Å². The molecule has 1 saturated heterocycles. The molecule has 0 amide bonds. The van der Waals surface area contributed by atoms with Crippen LogP contribution in [0.25, 0.3) is 11.3 Å². The lowest BCUT2D eigenvalue weighted by molar-refractivity contribution is 0.0696. The Kier molecular flexibility index (Phi) is 11.4. The Morgan fingerprint density at radius 1 is 1.00 bits per heavy atom. The molecule has 12 nitrogen and oxygen atoms in total. The van der Waals surface area contributed by atoms with Crippen LogP contribution in [0.5, 0.6) is 5.88 Å². The molecule has 4 aromatic rings. The van der Waals surface area contributed by atoms with Crippen LogP contribution in [-0.2, 0) is 10.0 Å². The van der Waals surface area contributed by atoms with Crippen molar-refractivity contribution in [1.29, 1.82) is 0 Å². The van der Waals surface area contributed by atoms with Crippen LogP contribution in [0.4, 0.5) is 11.8 Å². The highest BCUT2D eigenvalue weighted by atomic mass is 32.2. The summed E-state index contributed by atoms with van der Waals surface area (Å²) < 4.78 is 36.0. The summed E-state index contributed by atoms with van der Waals surface area (Å²) in [6.07, 6.45) is 11.3. The topological polar surface area (TPSA) is 160 Å². The molecule has 1 aliphatic carbocycles. The second-order valence-corrected chi connectivity index (χ2v) is 16.3. The van der Waals surface area contributed by atoms with E-state index in [1.54, 1.807) is 6.07 Å². The Hall–Kier alpha value is -4.62. The van der Waals surface area contributed by atoms with E-state index in [1.165, 1.54) is 37.5 Å². The highest BCUT2D eigenvalue weighted by Crippen LogP contribution is 2.34. The first-order valence-corrected chi connectivity index (χ1v) is 19.6. The zero-order chi connectivity index (χ0) is 37.0. The van der Waals surface area contributed by atoms with Gasteiger partial charge >= 0.3 is 5.97 Å². The number of aryl methyl sites for hydroxylation is 2. The van der Waals surface area contributed by atoms with Crippen LogP contribution in [0.15, 0.2) is 65.8 Å². The molecule has 276 valence electrons. The van der Waals surface area contributed by atoms with E-state index in [-0.39, 0.29) is 34.4 Å². The second kappa shape index (κ2) is 16.0. The zero-order valence-corrected chi connectivity index (χ0v) is 31.4. The first-order chi connectivity index (χ1) is 24.9. The maximum atomic E-state index is 13.5. The van der Waals surface area contributed by atoms with Gasteiger partial charge in [-0.25, -0.2) is 27.9 Å². The van der Waals surface area contributed by atoms with Crippen molar-refractivity contribution in [3.63, 3.8) is 0 Å². The zero-order valence-electron chi connectivity index (χ0n) is 30.5. The van der Waals surface area contributed by atoms with Crippen LogP contribution in [0.3, 0.4) is 0 Å². The van der Waals surface area contributed by atoms with E-state index in [4.69, 9.17) is 9.72 Å².